The topological polar surface area (TPSA) is 91.4 Å². The standard InChI is InChI=1S/C24H29NO7S/c1-18-3-5-20(6-4-18)29-15-16-32-24(26)19-9-11-25(12-10-19)33(27,28)21-7-8-22-23(17-21)31-14-2-13-30-22/h3-8,17,19H,2,9-16H2,1H3. The number of piperidine rings is 1. The lowest BCUT2D eigenvalue weighted by molar-refractivity contribution is -0.150. The van der Waals surface area contributed by atoms with Crippen LogP contribution in [0.5, 0.6) is 17.2 Å². The van der Waals surface area contributed by atoms with Crippen molar-refractivity contribution in [2.45, 2.75) is 31.1 Å². The summed E-state index contributed by atoms with van der Waals surface area (Å²) in [5.74, 6) is 1.10. The van der Waals surface area contributed by atoms with Crippen molar-refractivity contribution in [2.75, 3.05) is 39.5 Å². The van der Waals surface area contributed by atoms with E-state index in [1.54, 1.807) is 6.07 Å². The molecule has 0 aromatic heterocycles. The summed E-state index contributed by atoms with van der Waals surface area (Å²) in [4.78, 5) is 12.6. The zero-order valence-electron chi connectivity index (χ0n) is 18.7. The fourth-order valence-corrected chi connectivity index (χ4v) is 5.32. The second-order valence-electron chi connectivity index (χ2n) is 8.17. The Balaban J connectivity index is 1.26. The number of hydrogen-bond donors (Lipinski definition) is 0. The highest BCUT2D eigenvalue weighted by Crippen LogP contribution is 2.33. The van der Waals surface area contributed by atoms with Crippen LogP contribution in [-0.2, 0) is 19.6 Å². The first-order valence-corrected chi connectivity index (χ1v) is 12.6. The lowest BCUT2D eigenvalue weighted by Crippen LogP contribution is -2.40. The molecule has 0 unspecified atom stereocenters. The molecule has 0 spiro atoms. The minimum atomic E-state index is -3.69. The van der Waals surface area contributed by atoms with Crippen molar-refractivity contribution in [1.29, 1.82) is 0 Å². The lowest BCUT2D eigenvalue weighted by Gasteiger charge is -2.30. The maximum absolute atomic E-state index is 13.1. The molecule has 0 N–H and O–H groups in total. The first-order chi connectivity index (χ1) is 15.9. The van der Waals surface area contributed by atoms with Crippen LogP contribution >= 0.6 is 0 Å². The molecule has 1 saturated heterocycles. The van der Waals surface area contributed by atoms with Gasteiger partial charge < -0.3 is 18.9 Å². The number of sulfonamides is 1. The van der Waals surface area contributed by atoms with E-state index >= 15 is 0 Å². The van der Waals surface area contributed by atoms with Crippen LogP contribution in [0.2, 0.25) is 0 Å². The summed E-state index contributed by atoms with van der Waals surface area (Å²) >= 11 is 0. The Labute approximate surface area is 194 Å². The zero-order valence-corrected chi connectivity index (χ0v) is 19.5. The Morgan fingerprint density at radius 2 is 1.70 bits per heavy atom. The summed E-state index contributed by atoms with van der Waals surface area (Å²) in [5, 5.41) is 0. The summed E-state index contributed by atoms with van der Waals surface area (Å²) in [7, 11) is -3.69. The van der Waals surface area contributed by atoms with Gasteiger partial charge in [0.1, 0.15) is 19.0 Å². The van der Waals surface area contributed by atoms with Crippen LogP contribution < -0.4 is 14.2 Å². The van der Waals surface area contributed by atoms with Gasteiger partial charge in [-0.05, 0) is 44.0 Å². The molecule has 0 bridgehead atoms. The van der Waals surface area contributed by atoms with Crippen molar-refractivity contribution in [1.82, 2.24) is 4.31 Å². The average Bonchev–Trinajstić information content (AvgIpc) is 3.08. The molecule has 2 aliphatic heterocycles. The Bertz CT molecular complexity index is 1060. The van der Waals surface area contributed by atoms with E-state index in [2.05, 4.69) is 0 Å². The normalized spacial score (nSPS) is 17.2. The van der Waals surface area contributed by atoms with E-state index in [0.717, 1.165) is 17.7 Å². The van der Waals surface area contributed by atoms with Crippen LogP contribution in [0.1, 0.15) is 24.8 Å². The Kier molecular flexibility index (Phi) is 7.39. The van der Waals surface area contributed by atoms with E-state index < -0.39 is 10.0 Å². The lowest BCUT2D eigenvalue weighted by atomic mass is 9.98. The van der Waals surface area contributed by atoms with Crippen molar-refractivity contribution in [3.63, 3.8) is 0 Å². The highest BCUT2D eigenvalue weighted by atomic mass is 32.2. The number of ether oxygens (including phenoxy) is 4. The van der Waals surface area contributed by atoms with E-state index in [-0.39, 0.29) is 43.1 Å². The molecule has 2 aromatic carbocycles. The predicted molar refractivity (Wildman–Crippen MR) is 121 cm³/mol. The number of fused-ring (bicyclic) bond motifs is 1. The highest BCUT2D eigenvalue weighted by Gasteiger charge is 2.33. The first-order valence-electron chi connectivity index (χ1n) is 11.2. The highest BCUT2D eigenvalue weighted by molar-refractivity contribution is 7.89. The smallest absolute Gasteiger partial charge is 0.309 e. The average molecular weight is 476 g/mol. The largest absolute Gasteiger partial charge is 0.490 e. The molecule has 0 atom stereocenters. The molecular formula is C24H29NO7S. The summed E-state index contributed by atoms with van der Waals surface area (Å²) < 4.78 is 49.7. The molecule has 0 aliphatic carbocycles. The Hall–Kier alpha value is -2.78. The Morgan fingerprint density at radius 1 is 1.00 bits per heavy atom. The Morgan fingerprint density at radius 3 is 2.42 bits per heavy atom. The second-order valence-corrected chi connectivity index (χ2v) is 10.1. The van der Waals surface area contributed by atoms with Crippen LogP contribution in [0.25, 0.3) is 0 Å². The summed E-state index contributed by atoms with van der Waals surface area (Å²) in [6.07, 6.45) is 1.58. The SMILES string of the molecule is Cc1ccc(OCCOC(=O)C2CCN(S(=O)(=O)c3ccc4c(c3)OCCCO4)CC2)cc1. The third kappa shape index (κ3) is 5.78. The molecule has 0 amide bonds. The molecule has 1 fully saturated rings. The molecule has 0 radical (unpaired) electrons. The van der Waals surface area contributed by atoms with Crippen molar-refractivity contribution in [3.05, 3.63) is 48.0 Å². The zero-order chi connectivity index (χ0) is 23.3. The predicted octanol–water partition coefficient (Wildman–Crippen LogP) is 3.18. The molecule has 178 valence electrons. The molecule has 0 saturated carbocycles. The molecular weight excluding hydrogens is 446 g/mol. The van der Waals surface area contributed by atoms with Crippen molar-refractivity contribution >= 4 is 16.0 Å². The van der Waals surface area contributed by atoms with Gasteiger partial charge in [-0.2, -0.15) is 4.31 Å². The van der Waals surface area contributed by atoms with Gasteiger partial charge in [-0.15, -0.1) is 0 Å². The third-order valence-electron chi connectivity index (χ3n) is 5.76. The van der Waals surface area contributed by atoms with Gasteiger partial charge in [-0.25, -0.2) is 8.42 Å². The molecule has 2 aromatic rings. The van der Waals surface area contributed by atoms with Crippen molar-refractivity contribution < 1.29 is 32.2 Å². The quantitative estimate of drug-likeness (QED) is 0.449. The van der Waals surface area contributed by atoms with E-state index in [1.807, 2.05) is 31.2 Å². The van der Waals surface area contributed by atoms with Crippen molar-refractivity contribution in [3.8, 4) is 17.2 Å². The van der Waals surface area contributed by atoms with Crippen molar-refractivity contribution in [2.24, 2.45) is 5.92 Å². The summed E-state index contributed by atoms with van der Waals surface area (Å²) in [6, 6.07) is 12.3. The first kappa shape index (κ1) is 23.4. The molecule has 2 aliphatic rings. The van der Waals surface area contributed by atoms with Crippen LogP contribution in [0.4, 0.5) is 0 Å². The monoisotopic (exact) mass is 475 g/mol. The van der Waals surface area contributed by atoms with E-state index in [4.69, 9.17) is 18.9 Å². The van der Waals surface area contributed by atoms with Gasteiger partial charge in [-0.1, -0.05) is 17.7 Å². The number of carbonyl (C=O) groups is 1. The fraction of sp³-hybridized carbons (Fsp3) is 0.458. The maximum Gasteiger partial charge on any atom is 0.309 e. The van der Waals surface area contributed by atoms with Gasteiger partial charge in [0, 0.05) is 25.6 Å². The van der Waals surface area contributed by atoms with Gasteiger partial charge in [0.15, 0.2) is 11.5 Å². The fourth-order valence-electron chi connectivity index (χ4n) is 3.84. The van der Waals surface area contributed by atoms with Gasteiger partial charge in [0.2, 0.25) is 10.0 Å². The van der Waals surface area contributed by atoms with Crippen LogP contribution in [-0.4, -0.2) is 58.2 Å². The molecule has 2 heterocycles. The molecule has 9 heteroatoms. The van der Waals surface area contributed by atoms with Gasteiger partial charge in [0.25, 0.3) is 0 Å². The summed E-state index contributed by atoms with van der Waals surface area (Å²) in [5.41, 5.74) is 1.14. The minimum absolute atomic E-state index is 0.155. The van der Waals surface area contributed by atoms with E-state index in [1.165, 1.54) is 16.4 Å². The number of aryl methyl sites for hydroxylation is 1. The van der Waals surface area contributed by atoms with Crippen LogP contribution in [0.15, 0.2) is 47.4 Å². The number of nitrogens with zero attached hydrogens (tertiary/aromatic N) is 1. The van der Waals surface area contributed by atoms with Gasteiger partial charge in [0.05, 0.1) is 24.0 Å². The third-order valence-corrected chi connectivity index (χ3v) is 7.66. The van der Waals surface area contributed by atoms with E-state index in [0.29, 0.717) is 37.6 Å². The second kappa shape index (κ2) is 10.4. The number of esters is 1. The molecule has 4 rings (SSSR count). The number of carbonyl (C=O) groups excluding carboxylic acids is 1. The van der Waals surface area contributed by atoms with Gasteiger partial charge >= 0.3 is 5.97 Å². The van der Waals surface area contributed by atoms with Gasteiger partial charge in [-0.3, -0.25) is 4.79 Å². The number of rotatable bonds is 7. The maximum atomic E-state index is 13.1. The van der Waals surface area contributed by atoms with E-state index in [9.17, 15) is 13.2 Å². The van der Waals surface area contributed by atoms with Crippen LogP contribution in [0.3, 0.4) is 0 Å². The number of benzene rings is 2. The molecule has 8 nitrogen and oxygen atoms in total. The molecule has 33 heavy (non-hydrogen) atoms. The minimum Gasteiger partial charge on any atom is -0.490 e. The van der Waals surface area contributed by atoms with Crippen LogP contribution in [0, 0.1) is 12.8 Å². The number of hydrogen-bond acceptors (Lipinski definition) is 7. The summed E-state index contributed by atoms with van der Waals surface area (Å²) in [6.45, 7) is 3.97.